The standard InChI is InChI=1S/C74H117N13O14/c1-18-48(10)62-70(97)77-53(37-44(2)3)66(93)81-63(50(12)88)74(101)83(14)49(11)72(99)85(16)57(38-45(4)5)68(95)75-43-61(91)84(15)58(39-46(6)7)69(96)76-54(40-51-29-22-19-23-30-51)65(92)79-56(73(100)87-35-26-21-27-36-87)42-60(90)82(13)34-28-33-59(89)86(17)64(47(8)9)71(98)78-55(67(94)80-62)41-52-31-24-20-25-32-52/h19-20,22-25,29-32,44-50,53-58,62-64,88H,18,21,26-28,33-43H2,1-17H3,(H,75,95)(H,76,96)(H,77,97)(H,78,98)(H,79,92)(H,80,94)(H,81,93)/t48-,49-,50+,53-,54-,55-,56-,57-,58-,62-,63-,64-/m0/s1. The Labute approximate surface area is 597 Å². The lowest BCUT2D eigenvalue weighted by atomic mass is 9.95. The Morgan fingerprint density at radius 2 is 0.970 bits per heavy atom. The normalized spacial score (nSPS) is 25.6. The summed E-state index contributed by atoms with van der Waals surface area (Å²) in [6.07, 6.45) is 0.740. The van der Waals surface area contributed by atoms with Crippen LogP contribution in [0.2, 0.25) is 0 Å². The van der Waals surface area contributed by atoms with E-state index in [9.17, 15) is 67.4 Å². The van der Waals surface area contributed by atoms with Gasteiger partial charge in [-0.3, -0.25) is 62.3 Å². The largest absolute Gasteiger partial charge is 0.391 e. The molecular weight excluding hydrogens is 1290 g/mol. The second kappa shape index (κ2) is 40.8. The molecule has 2 aromatic rings. The molecule has 0 radical (unpaired) electrons. The molecule has 27 heteroatoms. The van der Waals surface area contributed by atoms with E-state index in [2.05, 4.69) is 37.2 Å². The van der Waals surface area contributed by atoms with Crippen LogP contribution in [0.15, 0.2) is 60.7 Å². The van der Waals surface area contributed by atoms with Gasteiger partial charge in [-0.15, -0.1) is 0 Å². The summed E-state index contributed by atoms with van der Waals surface area (Å²) in [6.45, 7) is 20.8. The average Bonchev–Trinajstić information content (AvgIpc) is 0.836. The Morgan fingerprint density at radius 3 is 1.48 bits per heavy atom. The van der Waals surface area contributed by atoms with Gasteiger partial charge in [-0.1, -0.05) is 136 Å². The van der Waals surface area contributed by atoms with Crippen molar-refractivity contribution in [3.8, 4) is 0 Å². The molecule has 12 atom stereocenters. The summed E-state index contributed by atoms with van der Waals surface area (Å²) in [7, 11) is 7.04. The molecule has 0 saturated carbocycles. The van der Waals surface area contributed by atoms with Gasteiger partial charge in [0.15, 0.2) is 0 Å². The van der Waals surface area contributed by atoms with Crippen molar-refractivity contribution in [1.29, 1.82) is 0 Å². The summed E-state index contributed by atoms with van der Waals surface area (Å²) in [5.41, 5.74) is 1.30. The second-order valence-corrected chi connectivity index (χ2v) is 29.1. The van der Waals surface area contributed by atoms with E-state index in [1.54, 1.807) is 100 Å². The number of piperidine rings is 1. The van der Waals surface area contributed by atoms with Crippen molar-refractivity contribution in [2.24, 2.45) is 29.6 Å². The highest BCUT2D eigenvalue weighted by molar-refractivity contribution is 6.00. The van der Waals surface area contributed by atoms with Gasteiger partial charge in [0.1, 0.15) is 60.4 Å². The maximum Gasteiger partial charge on any atom is 0.248 e. The van der Waals surface area contributed by atoms with E-state index < -0.39 is 168 Å². The predicted molar refractivity (Wildman–Crippen MR) is 383 cm³/mol. The molecule has 0 unspecified atom stereocenters. The molecule has 562 valence electrons. The van der Waals surface area contributed by atoms with Crippen molar-refractivity contribution in [3.05, 3.63) is 71.8 Å². The van der Waals surface area contributed by atoms with Crippen LogP contribution in [0.25, 0.3) is 0 Å². The van der Waals surface area contributed by atoms with Gasteiger partial charge in [0.2, 0.25) is 76.8 Å². The van der Waals surface area contributed by atoms with Crippen molar-refractivity contribution < 1.29 is 67.4 Å². The van der Waals surface area contributed by atoms with Crippen molar-refractivity contribution in [2.75, 3.05) is 61.4 Å². The highest BCUT2D eigenvalue weighted by Gasteiger charge is 2.42. The molecule has 0 bridgehead atoms. The predicted octanol–water partition coefficient (Wildman–Crippen LogP) is 2.70. The second-order valence-electron chi connectivity index (χ2n) is 29.1. The fraction of sp³-hybridized carbons (Fsp3) is 0.662. The molecule has 2 saturated heterocycles. The van der Waals surface area contributed by atoms with Gasteiger partial charge in [-0.2, -0.15) is 0 Å². The van der Waals surface area contributed by atoms with Crippen LogP contribution in [0, 0.1) is 29.6 Å². The Balaban J connectivity index is 1.83. The van der Waals surface area contributed by atoms with E-state index in [0.29, 0.717) is 43.5 Å². The SMILES string of the molecule is CC[C@H](C)[C@@H]1NC(=O)[C@H](Cc2ccccc2)NC(=O)[C@H](C(C)C)N(C)C(=O)CCCN(C)C(=O)C[C@@H](C(=O)N2CCCCC2)NC(=O)[C@H](Cc2ccccc2)NC(=O)[C@H](CC(C)C)N(C)C(=O)CNC(=O)[C@H](CC(C)C)N(C)C(=O)[C@H](C)N(C)C(=O)[C@H]([C@@H](C)O)NC(=O)[C@H](CC(C)C)NC1=O. The molecule has 2 fully saturated rings. The van der Waals surface area contributed by atoms with Crippen molar-refractivity contribution in [1.82, 2.24) is 66.6 Å². The number of aliphatic hydroxyl groups is 1. The molecule has 2 heterocycles. The highest BCUT2D eigenvalue weighted by Crippen LogP contribution is 2.21. The van der Waals surface area contributed by atoms with Gasteiger partial charge in [-0.25, -0.2) is 0 Å². The first-order valence-corrected chi connectivity index (χ1v) is 35.9. The summed E-state index contributed by atoms with van der Waals surface area (Å²) in [5, 5.41) is 30.6. The maximum atomic E-state index is 14.9. The first kappa shape index (κ1) is 84.9. The van der Waals surface area contributed by atoms with Gasteiger partial charge < -0.3 is 71.7 Å². The maximum absolute atomic E-state index is 14.9. The molecule has 13 amide bonds. The number of carbonyl (C=O) groups is 13. The summed E-state index contributed by atoms with van der Waals surface area (Å²) in [4.78, 5) is 197. The minimum absolute atomic E-state index is 0.0245. The highest BCUT2D eigenvalue weighted by atomic mass is 16.3. The topological polar surface area (TPSA) is 346 Å². The minimum atomic E-state index is -1.67. The quantitative estimate of drug-likeness (QED) is 0.127. The fourth-order valence-electron chi connectivity index (χ4n) is 12.6. The molecule has 2 aromatic carbocycles. The third kappa shape index (κ3) is 25.8. The summed E-state index contributed by atoms with van der Waals surface area (Å²) >= 11 is 0. The van der Waals surface area contributed by atoms with Crippen LogP contribution in [0.1, 0.15) is 158 Å². The van der Waals surface area contributed by atoms with Crippen LogP contribution in [0.5, 0.6) is 0 Å². The van der Waals surface area contributed by atoms with E-state index >= 15 is 0 Å². The molecule has 27 nitrogen and oxygen atoms in total. The lowest BCUT2D eigenvalue weighted by Gasteiger charge is -2.35. The number of likely N-dealkylation sites (N-methyl/N-ethyl adjacent to an activating group) is 4. The molecular formula is C74H117N13O14. The Morgan fingerprint density at radius 1 is 0.485 bits per heavy atom. The monoisotopic (exact) mass is 1410 g/mol. The Kier molecular flexibility index (Phi) is 34.3. The molecule has 8 N–H and O–H groups in total. The molecule has 101 heavy (non-hydrogen) atoms. The zero-order valence-corrected chi connectivity index (χ0v) is 62.8. The smallest absolute Gasteiger partial charge is 0.248 e. The van der Waals surface area contributed by atoms with E-state index in [0.717, 1.165) is 16.2 Å². The van der Waals surface area contributed by atoms with Crippen LogP contribution in [-0.4, -0.2) is 239 Å². The summed E-state index contributed by atoms with van der Waals surface area (Å²) in [5.74, 6) is -10.7. The van der Waals surface area contributed by atoms with Crippen LogP contribution in [0.3, 0.4) is 0 Å². The minimum Gasteiger partial charge on any atom is -0.391 e. The molecule has 0 aliphatic carbocycles. The van der Waals surface area contributed by atoms with Crippen LogP contribution in [-0.2, 0) is 75.2 Å². The number of benzene rings is 2. The molecule has 2 aliphatic rings. The van der Waals surface area contributed by atoms with Gasteiger partial charge in [0.25, 0.3) is 0 Å². The number of hydrogen-bond acceptors (Lipinski definition) is 14. The van der Waals surface area contributed by atoms with Crippen LogP contribution in [0.4, 0.5) is 0 Å². The Hall–Kier alpha value is -8.49. The number of hydrogen-bond donors (Lipinski definition) is 8. The first-order chi connectivity index (χ1) is 47.5. The lowest BCUT2D eigenvalue weighted by Crippen LogP contribution is -2.62. The molecule has 2 aliphatic heterocycles. The number of carbonyl (C=O) groups excluding carboxylic acids is 13. The van der Waals surface area contributed by atoms with Crippen LogP contribution < -0.4 is 37.2 Å². The number of nitrogens with one attached hydrogen (secondary N) is 7. The zero-order valence-electron chi connectivity index (χ0n) is 62.8. The van der Waals surface area contributed by atoms with Gasteiger partial charge in [0, 0.05) is 74.1 Å². The van der Waals surface area contributed by atoms with E-state index in [-0.39, 0.29) is 69.2 Å². The van der Waals surface area contributed by atoms with Crippen LogP contribution >= 0.6 is 0 Å². The lowest BCUT2D eigenvalue weighted by molar-refractivity contribution is -0.150. The molecule has 0 aromatic heterocycles. The van der Waals surface area contributed by atoms with Gasteiger partial charge >= 0.3 is 0 Å². The zero-order chi connectivity index (χ0) is 75.7. The summed E-state index contributed by atoms with van der Waals surface area (Å²) in [6, 6.07) is 4.50. The van der Waals surface area contributed by atoms with Crippen molar-refractivity contribution >= 4 is 76.8 Å². The average molecular weight is 1410 g/mol. The van der Waals surface area contributed by atoms with Crippen molar-refractivity contribution in [3.63, 3.8) is 0 Å². The number of aliphatic hydroxyl groups excluding tert-OH is 1. The van der Waals surface area contributed by atoms with Gasteiger partial charge in [-0.05, 0) is 99.5 Å². The Bertz CT molecular complexity index is 3130. The summed E-state index contributed by atoms with van der Waals surface area (Å²) < 4.78 is 0. The number of likely N-dealkylation sites (tertiary alicyclic amines) is 1. The van der Waals surface area contributed by atoms with Crippen molar-refractivity contribution in [2.45, 2.75) is 227 Å². The number of nitrogens with zero attached hydrogens (tertiary/aromatic N) is 6. The van der Waals surface area contributed by atoms with E-state index in [4.69, 9.17) is 0 Å². The number of rotatable bonds is 15. The first-order valence-electron chi connectivity index (χ1n) is 35.9. The van der Waals surface area contributed by atoms with E-state index in [1.165, 1.54) is 63.8 Å². The molecule has 0 spiro atoms. The third-order valence-electron chi connectivity index (χ3n) is 19.1. The molecule has 4 rings (SSSR count). The fourth-order valence-corrected chi connectivity index (χ4v) is 12.6. The van der Waals surface area contributed by atoms with E-state index in [1.807, 2.05) is 34.6 Å². The van der Waals surface area contributed by atoms with Gasteiger partial charge in [0.05, 0.1) is 19.1 Å². The number of amides is 13. The third-order valence-corrected chi connectivity index (χ3v) is 19.1.